The van der Waals surface area contributed by atoms with E-state index in [1.54, 1.807) is 0 Å². The van der Waals surface area contributed by atoms with Gasteiger partial charge in [-0.3, -0.25) is 4.79 Å². The summed E-state index contributed by atoms with van der Waals surface area (Å²) >= 11 is 0. The Morgan fingerprint density at radius 2 is 1.71 bits per heavy atom. The Kier molecular flexibility index (Phi) is 4.85. The molecule has 4 aromatic rings. The van der Waals surface area contributed by atoms with E-state index in [1.165, 1.54) is 0 Å². The van der Waals surface area contributed by atoms with E-state index in [-0.39, 0.29) is 12.1 Å². The van der Waals surface area contributed by atoms with Crippen molar-refractivity contribution in [3.63, 3.8) is 0 Å². The van der Waals surface area contributed by atoms with Crippen LogP contribution in [0, 0.1) is 11.6 Å². The summed E-state index contributed by atoms with van der Waals surface area (Å²) in [6.07, 6.45) is 1.81. The molecule has 1 amide bonds. The topological polar surface area (TPSA) is 46.9 Å². The molecule has 1 heterocycles. The van der Waals surface area contributed by atoms with E-state index in [0.29, 0.717) is 6.54 Å². The van der Waals surface area contributed by atoms with Gasteiger partial charge in [0.05, 0.1) is 22.9 Å². The quantitative estimate of drug-likeness (QED) is 0.564. The Balaban J connectivity index is 1.41. The Hall–Kier alpha value is -3.54. The molecule has 4 rings (SSSR count). The highest BCUT2D eigenvalue weighted by Gasteiger charge is 2.12. The first-order chi connectivity index (χ1) is 13.6. The lowest BCUT2D eigenvalue weighted by Crippen LogP contribution is -2.24. The molecule has 28 heavy (non-hydrogen) atoms. The van der Waals surface area contributed by atoms with Gasteiger partial charge in [-0.1, -0.05) is 36.4 Å². The normalized spacial score (nSPS) is 10.9. The molecule has 0 saturated heterocycles. The number of nitrogens with one attached hydrogen (secondary N) is 1. The fourth-order valence-electron chi connectivity index (χ4n) is 3.04. The minimum absolute atomic E-state index is 0.225. The van der Waals surface area contributed by atoms with Crippen molar-refractivity contribution in [3.8, 4) is 0 Å². The Bertz CT molecular complexity index is 1140. The monoisotopic (exact) mass is 377 g/mol. The lowest BCUT2D eigenvalue weighted by molar-refractivity contribution is 0.0946. The van der Waals surface area contributed by atoms with Crippen LogP contribution < -0.4 is 5.32 Å². The highest BCUT2D eigenvalue weighted by atomic mass is 19.1. The van der Waals surface area contributed by atoms with Crippen molar-refractivity contribution >= 4 is 16.9 Å². The molecule has 0 aliphatic heterocycles. The van der Waals surface area contributed by atoms with E-state index >= 15 is 0 Å². The Morgan fingerprint density at radius 3 is 2.54 bits per heavy atom. The summed E-state index contributed by atoms with van der Waals surface area (Å²) in [4.78, 5) is 16.4. The number of para-hydroxylation sites is 2. The molecule has 6 heteroatoms. The molecule has 3 aromatic carbocycles. The predicted molar refractivity (Wildman–Crippen MR) is 103 cm³/mol. The van der Waals surface area contributed by atoms with Crippen molar-refractivity contribution in [2.45, 2.75) is 13.1 Å². The molecule has 0 radical (unpaired) electrons. The van der Waals surface area contributed by atoms with Gasteiger partial charge in [0.2, 0.25) is 0 Å². The average Bonchev–Trinajstić information content (AvgIpc) is 3.12. The molecular formula is C22H17F2N3O. The van der Waals surface area contributed by atoms with E-state index in [2.05, 4.69) is 14.9 Å². The average molecular weight is 377 g/mol. The van der Waals surface area contributed by atoms with Crippen LogP contribution in [0.15, 0.2) is 73.1 Å². The van der Waals surface area contributed by atoms with Gasteiger partial charge in [-0.25, -0.2) is 13.8 Å². The zero-order valence-electron chi connectivity index (χ0n) is 14.9. The number of benzene rings is 3. The van der Waals surface area contributed by atoms with E-state index in [0.717, 1.165) is 40.4 Å². The number of hydrogen-bond acceptors (Lipinski definition) is 2. The highest BCUT2D eigenvalue weighted by molar-refractivity contribution is 5.94. The third kappa shape index (κ3) is 3.76. The summed E-state index contributed by atoms with van der Waals surface area (Å²) in [5.74, 6) is -2.05. The second-order valence-corrected chi connectivity index (χ2v) is 6.48. The standard InChI is InChI=1S/C22H17F2N3O/c23-17-9-10-19(24)18(11-17)22(28)25-12-15-5-7-16(8-6-15)13-27-14-26-20-3-1-2-4-21(20)27/h1-11,14H,12-13H2,(H,25,28). The zero-order valence-corrected chi connectivity index (χ0v) is 14.9. The van der Waals surface area contributed by atoms with Crippen LogP contribution in [-0.4, -0.2) is 15.5 Å². The van der Waals surface area contributed by atoms with E-state index < -0.39 is 17.5 Å². The van der Waals surface area contributed by atoms with Crippen LogP contribution in [0.3, 0.4) is 0 Å². The minimum Gasteiger partial charge on any atom is -0.348 e. The largest absolute Gasteiger partial charge is 0.348 e. The maximum Gasteiger partial charge on any atom is 0.254 e. The number of aromatic nitrogens is 2. The number of fused-ring (bicyclic) bond motifs is 1. The smallest absolute Gasteiger partial charge is 0.254 e. The van der Waals surface area contributed by atoms with Crippen LogP contribution in [-0.2, 0) is 13.1 Å². The number of hydrogen-bond donors (Lipinski definition) is 1. The minimum atomic E-state index is -0.748. The zero-order chi connectivity index (χ0) is 19.5. The van der Waals surface area contributed by atoms with Gasteiger partial charge in [0.25, 0.3) is 5.91 Å². The molecule has 0 atom stereocenters. The molecule has 1 N–H and O–H groups in total. The second-order valence-electron chi connectivity index (χ2n) is 6.48. The molecule has 0 spiro atoms. The maximum absolute atomic E-state index is 13.7. The molecule has 0 unspecified atom stereocenters. The number of rotatable bonds is 5. The number of amides is 1. The molecule has 0 aliphatic carbocycles. The molecule has 140 valence electrons. The van der Waals surface area contributed by atoms with Crippen LogP contribution in [0.4, 0.5) is 8.78 Å². The first-order valence-electron chi connectivity index (χ1n) is 8.81. The third-order valence-corrected chi connectivity index (χ3v) is 4.53. The van der Waals surface area contributed by atoms with Gasteiger partial charge >= 0.3 is 0 Å². The molecule has 1 aromatic heterocycles. The molecule has 0 aliphatic rings. The maximum atomic E-state index is 13.7. The fourth-order valence-corrected chi connectivity index (χ4v) is 3.04. The molecule has 0 bridgehead atoms. The van der Waals surface area contributed by atoms with Gasteiger partial charge in [0, 0.05) is 13.1 Å². The second kappa shape index (κ2) is 7.60. The first kappa shape index (κ1) is 17.9. The van der Waals surface area contributed by atoms with Gasteiger partial charge in [0.15, 0.2) is 0 Å². The lowest BCUT2D eigenvalue weighted by Gasteiger charge is -2.08. The predicted octanol–water partition coefficient (Wildman–Crippen LogP) is 4.29. The van der Waals surface area contributed by atoms with Crippen molar-refractivity contribution in [1.82, 2.24) is 14.9 Å². The van der Waals surface area contributed by atoms with Gasteiger partial charge < -0.3 is 9.88 Å². The van der Waals surface area contributed by atoms with E-state index in [4.69, 9.17) is 0 Å². The first-order valence-corrected chi connectivity index (χ1v) is 8.81. The molecule has 0 fully saturated rings. The van der Waals surface area contributed by atoms with E-state index in [1.807, 2.05) is 54.9 Å². The number of halogens is 2. The number of carbonyl (C=O) groups is 1. The molecular weight excluding hydrogens is 360 g/mol. The summed E-state index contributed by atoms with van der Waals surface area (Å²) in [5.41, 5.74) is 3.67. The molecule has 4 nitrogen and oxygen atoms in total. The third-order valence-electron chi connectivity index (χ3n) is 4.53. The summed E-state index contributed by atoms with van der Waals surface area (Å²) in [6.45, 7) is 0.907. The van der Waals surface area contributed by atoms with Crippen LogP contribution >= 0.6 is 0 Å². The van der Waals surface area contributed by atoms with Crippen LogP contribution in [0.1, 0.15) is 21.5 Å². The van der Waals surface area contributed by atoms with E-state index in [9.17, 15) is 13.6 Å². The van der Waals surface area contributed by atoms with Crippen molar-refractivity contribution in [2.24, 2.45) is 0 Å². The van der Waals surface area contributed by atoms with Crippen LogP contribution in [0.5, 0.6) is 0 Å². The van der Waals surface area contributed by atoms with Gasteiger partial charge in [-0.2, -0.15) is 0 Å². The SMILES string of the molecule is O=C(NCc1ccc(Cn2cnc3ccccc32)cc1)c1cc(F)ccc1F. The van der Waals surface area contributed by atoms with Crippen LogP contribution in [0.25, 0.3) is 11.0 Å². The summed E-state index contributed by atoms with van der Waals surface area (Å²) in [5, 5.41) is 2.61. The lowest BCUT2D eigenvalue weighted by atomic mass is 10.1. The Morgan fingerprint density at radius 1 is 0.964 bits per heavy atom. The van der Waals surface area contributed by atoms with Gasteiger partial charge in [0.1, 0.15) is 11.6 Å². The van der Waals surface area contributed by atoms with Gasteiger partial charge in [-0.15, -0.1) is 0 Å². The number of carbonyl (C=O) groups excluding carboxylic acids is 1. The van der Waals surface area contributed by atoms with Crippen molar-refractivity contribution in [1.29, 1.82) is 0 Å². The molecule has 0 saturated carbocycles. The van der Waals surface area contributed by atoms with Crippen molar-refractivity contribution in [3.05, 3.63) is 101 Å². The highest BCUT2D eigenvalue weighted by Crippen LogP contribution is 2.15. The Labute approximate surface area is 160 Å². The van der Waals surface area contributed by atoms with Gasteiger partial charge in [-0.05, 0) is 41.5 Å². The number of nitrogens with zero attached hydrogens (tertiary/aromatic N) is 2. The number of imidazole rings is 1. The van der Waals surface area contributed by atoms with Crippen LogP contribution in [0.2, 0.25) is 0 Å². The summed E-state index contributed by atoms with van der Waals surface area (Å²) in [6, 6.07) is 18.5. The van der Waals surface area contributed by atoms with Crippen molar-refractivity contribution < 1.29 is 13.6 Å². The summed E-state index contributed by atoms with van der Waals surface area (Å²) in [7, 11) is 0. The van der Waals surface area contributed by atoms with Crippen molar-refractivity contribution in [2.75, 3.05) is 0 Å². The summed E-state index contributed by atoms with van der Waals surface area (Å²) < 4.78 is 28.9. The fraction of sp³-hybridized carbons (Fsp3) is 0.0909.